The van der Waals surface area contributed by atoms with Gasteiger partial charge in [-0.1, -0.05) is 37.4 Å². The minimum atomic E-state index is -0.468. The second kappa shape index (κ2) is 16.2. The van der Waals surface area contributed by atoms with Crippen molar-refractivity contribution >= 4 is 17.9 Å². The third-order valence-electron chi connectivity index (χ3n) is 5.53. The molecule has 0 N–H and O–H groups in total. The summed E-state index contributed by atoms with van der Waals surface area (Å²) < 4.78 is 26.7. The molecule has 40 heavy (non-hydrogen) atoms. The van der Waals surface area contributed by atoms with Crippen LogP contribution >= 0.6 is 0 Å². The first-order chi connectivity index (χ1) is 19.5. The lowest BCUT2D eigenvalue weighted by atomic mass is 10.1. The van der Waals surface area contributed by atoms with Crippen molar-refractivity contribution in [3.63, 3.8) is 0 Å². The minimum absolute atomic E-state index is 0.277. The van der Waals surface area contributed by atoms with Crippen molar-refractivity contribution in [2.75, 3.05) is 26.4 Å². The first-order valence-electron chi connectivity index (χ1n) is 12.8. The highest BCUT2D eigenvalue weighted by Crippen LogP contribution is 2.25. The summed E-state index contributed by atoms with van der Waals surface area (Å²) in [7, 11) is 0. The van der Waals surface area contributed by atoms with Crippen LogP contribution in [0.5, 0.6) is 17.2 Å². The molecular formula is C32H32O8. The molecule has 0 saturated heterocycles. The van der Waals surface area contributed by atoms with E-state index in [0.29, 0.717) is 55.5 Å². The molecule has 0 fully saturated rings. The fourth-order valence-corrected chi connectivity index (χ4v) is 3.42. The molecule has 208 valence electrons. The molecule has 8 heteroatoms. The van der Waals surface area contributed by atoms with Crippen LogP contribution in [0.3, 0.4) is 0 Å². The van der Waals surface area contributed by atoms with Crippen molar-refractivity contribution in [1.29, 1.82) is 0 Å². The molecule has 0 heterocycles. The molecule has 0 atom stereocenters. The van der Waals surface area contributed by atoms with Gasteiger partial charge >= 0.3 is 17.9 Å². The smallest absolute Gasteiger partial charge is 0.343 e. The second-order valence-electron chi connectivity index (χ2n) is 8.46. The molecule has 3 aromatic carbocycles. The zero-order valence-corrected chi connectivity index (χ0v) is 22.2. The normalized spacial score (nSPS) is 10.2. The average Bonchev–Trinajstić information content (AvgIpc) is 2.99. The lowest BCUT2D eigenvalue weighted by Crippen LogP contribution is -2.08. The highest BCUT2D eigenvalue weighted by atomic mass is 16.5. The topological polar surface area (TPSA) is 97.4 Å². The standard InChI is InChI=1S/C32H32O8/c1-3-30(33)38-21-6-5-20-36-28-16-12-26(13-17-28)32(35)40-29-18-10-25(11-19-29)24-8-14-27(15-9-24)37-22-7-23-39-31(34)4-2/h3-4,8-19H,1-2,5-7,20-23H2. The Labute approximate surface area is 233 Å². The van der Waals surface area contributed by atoms with E-state index in [4.69, 9.17) is 23.7 Å². The van der Waals surface area contributed by atoms with Gasteiger partial charge in [0, 0.05) is 18.6 Å². The summed E-state index contributed by atoms with van der Waals surface area (Å²) in [6.07, 6.45) is 4.25. The van der Waals surface area contributed by atoms with Gasteiger partial charge in [-0.05, 0) is 72.5 Å². The Morgan fingerprint density at radius 1 is 0.550 bits per heavy atom. The van der Waals surface area contributed by atoms with Crippen LogP contribution in [-0.2, 0) is 19.1 Å². The van der Waals surface area contributed by atoms with E-state index in [1.54, 1.807) is 36.4 Å². The Bertz CT molecular complexity index is 1260. The van der Waals surface area contributed by atoms with Crippen LogP contribution in [-0.4, -0.2) is 44.3 Å². The predicted molar refractivity (Wildman–Crippen MR) is 150 cm³/mol. The molecule has 0 bridgehead atoms. The minimum Gasteiger partial charge on any atom is -0.494 e. The second-order valence-corrected chi connectivity index (χ2v) is 8.46. The van der Waals surface area contributed by atoms with Gasteiger partial charge in [0.05, 0.1) is 32.0 Å². The fourth-order valence-electron chi connectivity index (χ4n) is 3.42. The highest BCUT2D eigenvalue weighted by molar-refractivity contribution is 5.91. The van der Waals surface area contributed by atoms with Crippen molar-refractivity contribution in [3.05, 3.63) is 104 Å². The van der Waals surface area contributed by atoms with Crippen molar-refractivity contribution in [2.45, 2.75) is 19.3 Å². The summed E-state index contributed by atoms with van der Waals surface area (Å²) in [5, 5.41) is 0. The average molecular weight is 545 g/mol. The van der Waals surface area contributed by atoms with Crippen molar-refractivity contribution in [1.82, 2.24) is 0 Å². The van der Waals surface area contributed by atoms with E-state index < -0.39 is 17.9 Å². The fraction of sp³-hybridized carbons (Fsp3) is 0.219. The van der Waals surface area contributed by atoms with Crippen LogP contribution in [0.15, 0.2) is 98.1 Å². The van der Waals surface area contributed by atoms with Crippen molar-refractivity contribution in [3.8, 4) is 28.4 Å². The van der Waals surface area contributed by atoms with Gasteiger partial charge < -0.3 is 23.7 Å². The molecule has 0 spiro atoms. The van der Waals surface area contributed by atoms with Crippen LogP contribution < -0.4 is 14.2 Å². The molecule has 0 amide bonds. The highest BCUT2D eigenvalue weighted by Gasteiger charge is 2.10. The van der Waals surface area contributed by atoms with Crippen LogP contribution in [0.25, 0.3) is 11.1 Å². The molecule has 0 aliphatic carbocycles. The zero-order valence-electron chi connectivity index (χ0n) is 22.2. The van der Waals surface area contributed by atoms with E-state index >= 15 is 0 Å². The number of ether oxygens (including phenoxy) is 5. The number of unbranched alkanes of at least 4 members (excludes halogenated alkanes) is 1. The molecule has 0 aliphatic heterocycles. The zero-order chi connectivity index (χ0) is 28.6. The molecule has 0 radical (unpaired) electrons. The van der Waals surface area contributed by atoms with Gasteiger partial charge in [0.1, 0.15) is 17.2 Å². The molecule has 3 rings (SSSR count). The summed E-state index contributed by atoms with van der Waals surface area (Å²) in [6.45, 7) is 8.18. The predicted octanol–water partition coefficient (Wildman–Crippen LogP) is 5.96. The van der Waals surface area contributed by atoms with Gasteiger partial charge in [0.2, 0.25) is 0 Å². The van der Waals surface area contributed by atoms with E-state index in [0.717, 1.165) is 29.7 Å². The quantitative estimate of drug-likeness (QED) is 0.0943. The third kappa shape index (κ3) is 10.1. The van der Waals surface area contributed by atoms with Crippen molar-refractivity contribution in [2.24, 2.45) is 0 Å². The first kappa shape index (κ1) is 29.7. The van der Waals surface area contributed by atoms with Gasteiger partial charge in [-0.2, -0.15) is 0 Å². The van der Waals surface area contributed by atoms with Crippen LogP contribution in [0.2, 0.25) is 0 Å². The maximum absolute atomic E-state index is 12.6. The van der Waals surface area contributed by atoms with Crippen LogP contribution in [0.4, 0.5) is 0 Å². The Hall–Kier alpha value is -4.85. The lowest BCUT2D eigenvalue weighted by molar-refractivity contribution is -0.138. The molecule has 8 nitrogen and oxygen atoms in total. The Morgan fingerprint density at radius 2 is 0.975 bits per heavy atom. The van der Waals surface area contributed by atoms with Crippen molar-refractivity contribution < 1.29 is 38.1 Å². The number of rotatable bonds is 16. The summed E-state index contributed by atoms with van der Waals surface area (Å²) in [5.41, 5.74) is 2.35. The molecule has 0 unspecified atom stereocenters. The van der Waals surface area contributed by atoms with Gasteiger partial charge in [-0.25, -0.2) is 14.4 Å². The summed E-state index contributed by atoms with van der Waals surface area (Å²) in [6, 6.07) is 21.6. The number of carbonyl (C=O) groups is 3. The Kier molecular flexibility index (Phi) is 12.0. The van der Waals surface area contributed by atoms with Gasteiger partial charge in [-0.3, -0.25) is 0 Å². The van der Waals surface area contributed by atoms with E-state index in [9.17, 15) is 14.4 Å². The number of hydrogen-bond donors (Lipinski definition) is 0. The number of hydrogen-bond acceptors (Lipinski definition) is 8. The lowest BCUT2D eigenvalue weighted by Gasteiger charge is -2.09. The summed E-state index contributed by atoms with van der Waals surface area (Å²) >= 11 is 0. The molecule has 0 aromatic heterocycles. The number of carbonyl (C=O) groups excluding carboxylic acids is 3. The Morgan fingerprint density at radius 3 is 1.50 bits per heavy atom. The maximum Gasteiger partial charge on any atom is 0.343 e. The molecule has 3 aromatic rings. The maximum atomic E-state index is 12.6. The van der Waals surface area contributed by atoms with Crippen LogP contribution in [0.1, 0.15) is 29.6 Å². The monoisotopic (exact) mass is 544 g/mol. The summed E-state index contributed by atoms with van der Waals surface area (Å²) in [5.74, 6) is 0.436. The third-order valence-corrected chi connectivity index (χ3v) is 5.53. The van der Waals surface area contributed by atoms with E-state index in [1.165, 1.54) is 0 Å². The van der Waals surface area contributed by atoms with E-state index in [2.05, 4.69) is 13.2 Å². The van der Waals surface area contributed by atoms with Gasteiger partial charge in [0.25, 0.3) is 0 Å². The van der Waals surface area contributed by atoms with E-state index in [-0.39, 0.29) is 6.61 Å². The van der Waals surface area contributed by atoms with Gasteiger partial charge in [-0.15, -0.1) is 0 Å². The molecular weight excluding hydrogens is 512 g/mol. The molecule has 0 saturated carbocycles. The largest absolute Gasteiger partial charge is 0.494 e. The summed E-state index contributed by atoms with van der Waals surface area (Å²) in [4.78, 5) is 34.6. The number of esters is 3. The number of benzene rings is 3. The Balaban J connectivity index is 1.41. The first-order valence-corrected chi connectivity index (χ1v) is 12.8. The molecule has 0 aliphatic rings. The van der Waals surface area contributed by atoms with E-state index in [1.807, 2.05) is 36.4 Å². The van der Waals surface area contributed by atoms with Crippen LogP contribution in [0, 0.1) is 0 Å². The SMILES string of the molecule is C=CC(=O)OCCCCOc1ccc(C(=O)Oc2ccc(-c3ccc(OCCCOC(=O)C=C)cc3)cc2)cc1. The van der Waals surface area contributed by atoms with Gasteiger partial charge in [0.15, 0.2) is 0 Å².